The molecule has 1 aromatic heterocycles. The number of nitrogens with one attached hydrogen (secondary N) is 1. The van der Waals surface area contributed by atoms with E-state index in [0.717, 1.165) is 6.20 Å². The lowest BCUT2D eigenvalue weighted by Crippen LogP contribution is -2.12. The summed E-state index contributed by atoms with van der Waals surface area (Å²) in [5.41, 5.74) is -1.17. The van der Waals surface area contributed by atoms with E-state index in [0.29, 0.717) is 3.70 Å². The molecular formula is C6H3BrF2INO. The second kappa shape index (κ2) is 3.82. The van der Waals surface area contributed by atoms with Crippen molar-refractivity contribution in [1.29, 1.82) is 0 Å². The number of hydrogen-bond acceptors (Lipinski definition) is 1. The van der Waals surface area contributed by atoms with Crippen molar-refractivity contribution in [3.63, 3.8) is 0 Å². The molecule has 0 saturated carbocycles. The molecule has 6 heteroatoms. The molecule has 1 heterocycles. The minimum absolute atomic E-state index is 0.154. The van der Waals surface area contributed by atoms with E-state index in [1.807, 2.05) is 22.6 Å². The summed E-state index contributed by atoms with van der Waals surface area (Å²) in [6.45, 7) is 0. The standard InChI is InChI=1S/C6H3BrF2INO/c7-3-4(12)2(5(8)9)1-11-6(3)10/h1,5H,(H,11,12). The van der Waals surface area contributed by atoms with Gasteiger partial charge in [0.25, 0.3) is 6.43 Å². The first-order valence-corrected chi connectivity index (χ1v) is 4.76. The summed E-state index contributed by atoms with van der Waals surface area (Å²) in [5.74, 6) is 0. The fraction of sp³-hybridized carbons (Fsp3) is 0.167. The number of halogens is 4. The number of pyridine rings is 1. The lowest BCUT2D eigenvalue weighted by atomic mass is 10.3. The van der Waals surface area contributed by atoms with Gasteiger partial charge < -0.3 is 4.98 Å². The van der Waals surface area contributed by atoms with Crippen molar-refractivity contribution in [2.45, 2.75) is 6.43 Å². The van der Waals surface area contributed by atoms with Gasteiger partial charge in [0.2, 0.25) is 5.43 Å². The van der Waals surface area contributed by atoms with Gasteiger partial charge >= 0.3 is 0 Å². The minimum atomic E-state index is -2.73. The Morgan fingerprint density at radius 1 is 1.58 bits per heavy atom. The third kappa shape index (κ3) is 1.85. The summed E-state index contributed by atoms with van der Waals surface area (Å²) >= 11 is 4.76. The lowest BCUT2D eigenvalue weighted by Gasteiger charge is -2.00. The van der Waals surface area contributed by atoms with Crippen LogP contribution in [0.1, 0.15) is 12.0 Å². The summed E-state index contributed by atoms with van der Waals surface area (Å²) in [6.07, 6.45) is -1.71. The molecule has 0 aliphatic rings. The molecule has 0 amide bonds. The molecule has 2 nitrogen and oxygen atoms in total. The zero-order valence-corrected chi connectivity index (χ0v) is 9.32. The van der Waals surface area contributed by atoms with Gasteiger partial charge in [-0.1, -0.05) is 0 Å². The largest absolute Gasteiger partial charge is 0.355 e. The van der Waals surface area contributed by atoms with Crippen molar-refractivity contribution in [3.8, 4) is 0 Å². The van der Waals surface area contributed by atoms with Gasteiger partial charge in [-0.3, -0.25) is 4.79 Å². The van der Waals surface area contributed by atoms with Crippen LogP contribution >= 0.6 is 38.5 Å². The first-order chi connectivity index (χ1) is 5.54. The first-order valence-electron chi connectivity index (χ1n) is 2.88. The van der Waals surface area contributed by atoms with Crippen LogP contribution in [0.3, 0.4) is 0 Å². The topological polar surface area (TPSA) is 32.9 Å². The molecular weight excluding hydrogens is 347 g/mol. The van der Waals surface area contributed by atoms with Crippen LogP contribution in [0, 0.1) is 3.70 Å². The Bertz CT molecular complexity index is 352. The molecule has 1 N–H and O–H groups in total. The third-order valence-corrected chi connectivity index (χ3v) is 3.59. The molecule has 0 bridgehead atoms. The van der Waals surface area contributed by atoms with Crippen molar-refractivity contribution < 1.29 is 8.78 Å². The van der Waals surface area contributed by atoms with Gasteiger partial charge in [0.1, 0.15) is 0 Å². The van der Waals surface area contributed by atoms with Crippen LogP contribution in [0.15, 0.2) is 15.5 Å². The molecule has 0 radical (unpaired) electrons. The average molecular weight is 350 g/mol. The number of aromatic nitrogens is 1. The second-order valence-corrected chi connectivity index (χ2v) is 3.87. The zero-order valence-electron chi connectivity index (χ0n) is 5.57. The summed E-state index contributed by atoms with van der Waals surface area (Å²) in [5, 5.41) is 0. The van der Waals surface area contributed by atoms with E-state index >= 15 is 0 Å². The molecule has 0 aliphatic heterocycles. The van der Waals surface area contributed by atoms with Gasteiger partial charge in [0, 0.05) is 6.20 Å². The van der Waals surface area contributed by atoms with E-state index in [1.54, 1.807) is 0 Å². The van der Waals surface area contributed by atoms with Crippen LogP contribution in [0.4, 0.5) is 8.78 Å². The van der Waals surface area contributed by atoms with Crippen LogP contribution in [-0.2, 0) is 0 Å². The van der Waals surface area contributed by atoms with Crippen LogP contribution in [0.2, 0.25) is 0 Å². The van der Waals surface area contributed by atoms with E-state index in [9.17, 15) is 13.6 Å². The number of alkyl halides is 2. The van der Waals surface area contributed by atoms with Crippen LogP contribution in [0.25, 0.3) is 0 Å². The van der Waals surface area contributed by atoms with Gasteiger partial charge in [-0.25, -0.2) is 8.78 Å². The van der Waals surface area contributed by atoms with E-state index in [2.05, 4.69) is 20.9 Å². The van der Waals surface area contributed by atoms with Gasteiger partial charge in [-0.2, -0.15) is 0 Å². The highest BCUT2D eigenvalue weighted by atomic mass is 127. The molecule has 0 fully saturated rings. The summed E-state index contributed by atoms with van der Waals surface area (Å²) in [6, 6.07) is 0. The summed E-state index contributed by atoms with van der Waals surface area (Å²) in [7, 11) is 0. The smallest absolute Gasteiger partial charge is 0.269 e. The van der Waals surface area contributed by atoms with E-state index < -0.39 is 17.4 Å². The normalized spacial score (nSPS) is 10.8. The molecule has 66 valence electrons. The molecule has 0 aliphatic carbocycles. The summed E-state index contributed by atoms with van der Waals surface area (Å²) in [4.78, 5) is 13.6. The molecule has 0 atom stereocenters. The van der Waals surface area contributed by atoms with Gasteiger partial charge in [0.05, 0.1) is 13.7 Å². The minimum Gasteiger partial charge on any atom is -0.355 e. The number of aromatic amines is 1. The number of rotatable bonds is 1. The van der Waals surface area contributed by atoms with Crippen LogP contribution < -0.4 is 5.43 Å². The van der Waals surface area contributed by atoms with Crippen molar-refractivity contribution in [1.82, 2.24) is 4.98 Å². The highest BCUT2D eigenvalue weighted by Crippen LogP contribution is 2.18. The fourth-order valence-electron chi connectivity index (χ4n) is 0.659. The Hall–Kier alpha value is 0.0200. The molecule has 0 aromatic carbocycles. The molecule has 1 aromatic rings. The Morgan fingerprint density at radius 3 is 2.67 bits per heavy atom. The second-order valence-electron chi connectivity index (χ2n) is 2.00. The highest BCUT2D eigenvalue weighted by molar-refractivity contribution is 14.1. The van der Waals surface area contributed by atoms with Gasteiger partial charge in [-0.15, -0.1) is 0 Å². The maximum Gasteiger partial charge on any atom is 0.269 e. The average Bonchev–Trinajstić information content (AvgIpc) is 2.00. The SMILES string of the molecule is O=c1c(C(F)F)c[nH]c(I)c1Br. The first kappa shape index (κ1) is 10.1. The van der Waals surface area contributed by atoms with Gasteiger partial charge in [0.15, 0.2) is 0 Å². The predicted octanol–water partition coefficient (Wildman–Crippen LogP) is 2.68. The molecule has 1 rings (SSSR count). The Kier molecular flexibility index (Phi) is 3.22. The Morgan fingerprint density at radius 2 is 2.17 bits per heavy atom. The van der Waals surface area contributed by atoms with Crippen molar-refractivity contribution >= 4 is 38.5 Å². The molecule has 0 spiro atoms. The van der Waals surface area contributed by atoms with Gasteiger partial charge in [-0.05, 0) is 38.5 Å². The van der Waals surface area contributed by atoms with Crippen molar-refractivity contribution in [2.24, 2.45) is 0 Å². The lowest BCUT2D eigenvalue weighted by molar-refractivity contribution is 0.149. The molecule has 0 unspecified atom stereocenters. The zero-order chi connectivity index (χ0) is 9.30. The van der Waals surface area contributed by atoms with E-state index in [1.165, 1.54) is 0 Å². The van der Waals surface area contributed by atoms with Crippen molar-refractivity contribution in [2.75, 3.05) is 0 Å². The maximum absolute atomic E-state index is 12.1. The Labute approximate surface area is 88.6 Å². The van der Waals surface area contributed by atoms with Crippen LogP contribution in [-0.4, -0.2) is 4.98 Å². The highest BCUT2D eigenvalue weighted by Gasteiger charge is 2.14. The summed E-state index contributed by atoms with van der Waals surface area (Å²) < 4.78 is 24.9. The van der Waals surface area contributed by atoms with Crippen molar-refractivity contribution in [3.05, 3.63) is 30.2 Å². The quantitative estimate of drug-likeness (QED) is 0.613. The van der Waals surface area contributed by atoms with E-state index in [4.69, 9.17) is 0 Å². The third-order valence-electron chi connectivity index (χ3n) is 1.24. The van der Waals surface area contributed by atoms with E-state index in [-0.39, 0.29) is 4.47 Å². The molecule has 0 saturated heterocycles. The Balaban J connectivity index is 3.37. The number of H-pyrrole nitrogens is 1. The molecule has 12 heavy (non-hydrogen) atoms. The van der Waals surface area contributed by atoms with Crippen LogP contribution in [0.5, 0.6) is 0 Å². The monoisotopic (exact) mass is 349 g/mol. The number of hydrogen-bond donors (Lipinski definition) is 1. The maximum atomic E-state index is 12.1. The predicted molar refractivity (Wildman–Crippen MR) is 52.4 cm³/mol. The fourth-order valence-corrected chi connectivity index (χ4v) is 1.40.